The molecule has 0 spiro atoms. The van der Waals surface area contributed by atoms with Crippen LogP contribution in [0.15, 0.2) is 107 Å². The number of benzene rings is 3. The first-order chi connectivity index (χ1) is 14.2. The third-order valence-electron chi connectivity index (χ3n) is 4.46. The molecule has 1 heterocycles. The second-order valence-corrected chi connectivity index (χ2v) is 10.1. The van der Waals surface area contributed by atoms with Gasteiger partial charge in [-0.3, -0.25) is 0 Å². The van der Waals surface area contributed by atoms with Crippen LogP contribution in [0.3, 0.4) is 0 Å². The van der Waals surface area contributed by atoms with Gasteiger partial charge >= 0.3 is 0 Å². The molecule has 4 nitrogen and oxygen atoms in total. The summed E-state index contributed by atoms with van der Waals surface area (Å²) in [5.74, 6) is 0.348. The van der Waals surface area contributed by atoms with Crippen molar-refractivity contribution < 1.29 is 0 Å². The summed E-state index contributed by atoms with van der Waals surface area (Å²) in [5.41, 5.74) is 0.201. The number of halogens is 1. The molecule has 3 aromatic carbocycles. The van der Waals surface area contributed by atoms with Crippen molar-refractivity contribution in [1.82, 2.24) is 9.97 Å². The molecule has 4 aromatic rings. The van der Waals surface area contributed by atoms with E-state index in [1.807, 2.05) is 54.6 Å². The molecule has 0 aliphatic heterocycles. The fourth-order valence-corrected chi connectivity index (χ4v) is 6.96. The number of nitriles is 1. The standard InChI is InChI=1S/C23H16BrN4P/c24-22-17-26-23(21(16-25)27-22)28-29(18-10-4-1-5-11-18,19-12-6-2-7-13-19)20-14-8-3-9-15-20/h1-15,17H. The van der Waals surface area contributed by atoms with Gasteiger partial charge in [-0.05, 0) is 15.9 Å². The summed E-state index contributed by atoms with van der Waals surface area (Å²) in [4.78, 5) is 8.71. The van der Waals surface area contributed by atoms with Gasteiger partial charge in [-0.1, -0.05) is 91.0 Å². The second-order valence-electron chi connectivity index (χ2n) is 6.22. The van der Waals surface area contributed by atoms with Crippen LogP contribution in [0.25, 0.3) is 0 Å². The predicted molar refractivity (Wildman–Crippen MR) is 122 cm³/mol. The van der Waals surface area contributed by atoms with Gasteiger partial charge in [0.1, 0.15) is 10.7 Å². The molecule has 0 atom stereocenters. The lowest BCUT2D eigenvalue weighted by Crippen LogP contribution is -2.25. The van der Waals surface area contributed by atoms with Crippen LogP contribution in [0.4, 0.5) is 5.82 Å². The van der Waals surface area contributed by atoms with E-state index in [0.717, 1.165) is 15.9 Å². The molecule has 140 valence electrons. The van der Waals surface area contributed by atoms with Gasteiger partial charge in [-0.2, -0.15) is 5.26 Å². The molecule has 0 saturated heterocycles. The molecule has 0 aliphatic carbocycles. The number of hydrogen-bond donors (Lipinski definition) is 0. The topological polar surface area (TPSA) is 61.9 Å². The third kappa shape index (κ3) is 3.78. The molecule has 0 aliphatic rings. The summed E-state index contributed by atoms with van der Waals surface area (Å²) in [7, 11) is -2.47. The van der Waals surface area contributed by atoms with Crippen LogP contribution in [-0.4, -0.2) is 9.97 Å². The Morgan fingerprint density at radius 3 is 1.62 bits per heavy atom. The predicted octanol–water partition coefficient (Wildman–Crippen LogP) is 4.92. The molecule has 0 radical (unpaired) electrons. The Bertz CT molecular complexity index is 1120. The van der Waals surface area contributed by atoms with E-state index < -0.39 is 7.05 Å². The van der Waals surface area contributed by atoms with Crippen molar-refractivity contribution in [3.8, 4) is 6.07 Å². The van der Waals surface area contributed by atoms with Crippen LogP contribution in [0, 0.1) is 11.3 Å². The Morgan fingerprint density at radius 2 is 1.21 bits per heavy atom. The van der Waals surface area contributed by atoms with E-state index in [9.17, 15) is 5.26 Å². The van der Waals surface area contributed by atoms with Crippen molar-refractivity contribution >= 4 is 44.7 Å². The molecule has 0 amide bonds. The van der Waals surface area contributed by atoms with Crippen molar-refractivity contribution in [3.63, 3.8) is 0 Å². The summed E-state index contributed by atoms with van der Waals surface area (Å²) >= 11 is 3.29. The highest BCUT2D eigenvalue weighted by molar-refractivity contribution is 9.10. The summed E-state index contributed by atoms with van der Waals surface area (Å²) < 4.78 is 5.72. The largest absolute Gasteiger partial charge is 0.232 e. The monoisotopic (exact) mass is 458 g/mol. The molecule has 0 unspecified atom stereocenters. The van der Waals surface area contributed by atoms with Gasteiger partial charge in [0.15, 0.2) is 11.5 Å². The van der Waals surface area contributed by atoms with Gasteiger partial charge in [0.2, 0.25) is 0 Å². The molecule has 29 heavy (non-hydrogen) atoms. The third-order valence-corrected chi connectivity index (χ3v) is 8.47. The van der Waals surface area contributed by atoms with Crippen LogP contribution >= 0.6 is 23.0 Å². The number of nitrogens with zero attached hydrogens (tertiary/aromatic N) is 4. The van der Waals surface area contributed by atoms with Gasteiger partial charge in [0, 0.05) is 15.9 Å². The Kier molecular flexibility index (Phi) is 5.67. The maximum Gasteiger partial charge on any atom is 0.188 e. The Hall–Kier alpha value is -3.06. The highest BCUT2D eigenvalue weighted by Crippen LogP contribution is 2.49. The molecule has 1 aromatic heterocycles. The molecule has 6 heteroatoms. The zero-order chi connectivity index (χ0) is 20.1. The van der Waals surface area contributed by atoms with Crippen LogP contribution in [0.2, 0.25) is 0 Å². The molecule has 4 rings (SSSR count). The smallest absolute Gasteiger partial charge is 0.188 e. The lowest BCUT2D eigenvalue weighted by molar-refractivity contribution is 1.12. The van der Waals surface area contributed by atoms with E-state index in [1.165, 1.54) is 0 Å². The average Bonchev–Trinajstić information content (AvgIpc) is 2.80. The zero-order valence-corrected chi connectivity index (χ0v) is 17.8. The number of hydrogen-bond acceptors (Lipinski definition) is 4. The van der Waals surface area contributed by atoms with Gasteiger partial charge < -0.3 is 0 Å². The van der Waals surface area contributed by atoms with Gasteiger partial charge in [0.25, 0.3) is 0 Å². The van der Waals surface area contributed by atoms with Gasteiger partial charge in [0.05, 0.1) is 13.3 Å². The maximum atomic E-state index is 9.63. The molecular formula is C23H16BrN4P. The maximum absolute atomic E-state index is 9.63. The first-order valence-corrected chi connectivity index (χ1v) is 11.5. The highest BCUT2D eigenvalue weighted by Gasteiger charge is 2.28. The summed E-state index contributed by atoms with van der Waals surface area (Å²) in [6.07, 6.45) is 1.58. The first kappa shape index (κ1) is 19.3. The number of aromatic nitrogens is 2. The van der Waals surface area contributed by atoms with Crippen molar-refractivity contribution in [2.45, 2.75) is 0 Å². The molecule has 0 bridgehead atoms. The molecular weight excluding hydrogens is 443 g/mol. The quantitative estimate of drug-likeness (QED) is 0.407. The summed E-state index contributed by atoms with van der Waals surface area (Å²) in [6.45, 7) is 0. The molecule has 0 N–H and O–H groups in total. The van der Waals surface area contributed by atoms with Crippen LogP contribution in [0.5, 0.6) is 0 Å². The summed E-state index contributed by atoms with van der Waals surface area (Å²) in [6, 6.07) is 32.8. The minimum Gasteiger partial charge on any atom is -0.232 e. The van der Waals surface area contributed by atoms with Crippen LogP contribution in [0.1, 0.15) is 5.69 Å². The summed E-state index contributed by atoms with van der Waals surface area (Å²) in [5, 5.41) is 12.9. The minimum absolute atomic E-state index is 0.201. The van der Waals surface area contributed by atoms with Crippen molar-refractivity contribution in [2.75, 3.05) is 0 Å². The Morgan fingerprint density at radius 1 is 0.759 bits per heavy atom. The lowest BCUT2D eigenvalue weighted by Gasteiger charge is -2.26. The van der Waals surface area contributed by atoms with Crippen molar-refractivity contribution in [2.24, 2.45) is 4.74 Å². The second kappa shape index (κ2) is 8.53. The van der Waals surface area contributed by atoms with E-state index in [1.54, 1.807) is 6.20 Å². The lowest BCUT2D eigenvalue weighted by atomic mass is 10.4. The van der Waals surface area contributed by atoms with Gasteiger partial charge in [-0.15, -0.1) is 0 Å². The van der Waals surface area contributed by atoms with Crippen LogP contribution < -0.4 is 15.9 Å². The van der Waals surface area contributed by atoms with E-state index in [-0.39, 0.29) is 5.69 Å². The molecule has 0 fully saturated rings. The van der Waals surface area contributed by atoms with E-state index in [2.05, 4.69) is 68.4 Å². The SMILES string of the molecule is N#Cc1nc(Br)cnc1N=P(c1ccccc1)(c1ccccc1)c1ccccc1. The molecule has 0 saturated carbocycles. The van der Waals surface area contributed by atoms with E-state index >= 15 is 0 Å². The van der Waals surface area contributed by atoms with Crippen molar-refractivity contribution in [1.29, 1.82) is 5.26 Å². The zero-order valence-electron chi connectivity index (χ0n) is 15.4. The fraction of sp³-hybridized carbons (Fsp3) is 0. The van der Waals surface area contributed by atoms with Gasteiger partial charge in [-0.25, -0.2) is 14.7 Å². The average molecular weight is 459 g/mol. The van der Waals surface area contributed by atoms with Crippen LogP contribution in [-0.2, 0) is 0 Å². The first-order valence-electron chi connectivity index (χ1n) is 8.96. The van der Waals surface area contributed by atoms with E-state index in [4.69, 9.17) is 4.74 Å². The Labute approximate surface area is 178 Å². The highest BCUT2D eigenvalue weighted by atomic mass is 79.9. The van der Waals surface area contributed by atoms with Crippen molar-refractivity contribution in [3.05, 3.63) is 107 Å². The van der Waals surface area contributed by atoms with E-state index in [0.29, 0.717) is 10.4 Å². The normalized spacial score (nSPS) is 10.9. The number of rotatable bonds is 4. The Balaban J connectivity index is 2.17. The minimum atomic E-state index is -2.47. The fourth-order valence-electron chi connectivity index (χ4n) is 3.20.